The molecule has 0 aromatic rings. The van der Waals surface area contributed by atoms with Crippen molar-refractivity contribution in [2.45, 2.75) is 0 Å². The minimum Gasteiger partial charge on any atom is -0.247 e. The lowest BCUT2D eigenvalue weighted by Gasteiger charge is -1.75. The quantitative estimate of drug-likeness (QED) is 0.395. The van der Waals surface area contributed by atoms with Crippen LogP contribution >= 0.6 is 21.6 Å². The first-order valence-electron chi connectivity index (χ1n) is 1.17. The Hall–Kier alpha value is 0.300. The molecule has 0 saturated heterocycles. The van der Waals surface area contributed by atoms with Gasteiger partial charge >= 0.3 is 5.37 Å². The van der Waals surface area contributed by atoms with Gasteiger partial charge in [-0.3, -0.25) is 0 Å². The fourth-order valence-electron chi connectivity index (χ4n) is 0.0655. The highest BCUT2D eigenvalue weighted by Crippen LogP contribution is 2.18. The number of hydrogen-bond donors (Lipinski definition) is 0. The van der Waals surface area contributed by atoms with Gasteiger partial charge in [-0.15, -0.1) is 0 Å². The lowest BCUT2D eigenvalue weighted by atomic mass is 11.7. The van der Waals surface area contributed by atoms with Crippen molar-refractivity contribution in [2.24, 2.45) is 0 Å². The second-order valence-electron chi connectivity index (χ2n) is 0.488. The number of carbonyl (C=O) groups excluding carboxylic acids is 1. The van der Waals surface area contributed by atoms with E-state index in [9.17, 15) is 9.18 Å². The Morgan fingerprint density at radius 2 is 2.33 bits per heavy atom. The molecular formula is C2H3FOS2. The number of halogens is 1. The van der Waals surface area contributed by atoms with Crippen LogP contribution in [0.25, 0.3) is 0 Å². The maximum atomic E-state index is 11.0. The third-order valence-electron chi connectivity index (χ3n) is 0.149. The zero-order valence-corrected chi connectivity index (χ0v) is 4.74. The summed E-state index contributed by atoms with van der Waals surface area (Å²) in [5, 5.41) is -1.33. The maximum absolute atomic E-state index is 11.0. The van der Waals surface area contributed by atoms with E-state index in [0.29, 0.717) is 10.8 Å². The molecule has 0 aromatic carbocycles. The van der Waals surface area contributed by atoms with E-state index >= 15 is 0 Å². The zero-order valence-electron chi connectivity index (χ0n) is 3.10. The molecule has 0 fully saturated rings. The van der Waals surface area contributed by atoms with Crippen LogP contribution in [-0.4, -0.2) is 11.6 Å². The minimum atomic E-state index is -1.33. The summed E-state index contributed by atoms with van der Waals surface area (Å²) in [6.07, 6.45) is 1.64. The van der Waals surface area contributed by atoms with Crippen molar-refractivity contribution < 1.29 is 9.18 Å². The average molecular weight is 126 g/mol. The Morgan fingerprint density at radius 1 is 1.83 bits per heavy atom. The maximum Gasteiger partial charge on any atom is 0.369 e. The summed E-state index contributed by atoms with van der Waals surface area (Å²) in [4.78, 5) is 9.32. The van der Waals surface area contributed by atoms with Crippen LogP contribution in [0.1, 0.15) is 0 Å². The van der Waals surface area contributed by atoms with Crippen molar-refractivity contribution in [3.8, 4) is 0 Å². The molecule has 0 heterocycles. The normalized spacial score (nSPS) is 8.33. The Kier molecular flexibility index (Phi) is 3.66. The van der Waals surface area contributed by atoms with E-state index in [1.807, 2.05) is 0 Å². The SMILES string of the molecule is CSSC(=O)F. The first kappa shape index (κ1) is 6.30. The summed E-state index contributed by atoms with van der Waals surface area (Å²) in [5.74, 6) is 0. The molecule has 0 aliphatic carbocycles. The van der Waals surface area contributed by atoms with Crippen molar-refractivity contribution in [1.29, 1.82) is 0 Å². The molecule has 0 aliphatic rings. The van der Waals surface area contributed by atoms with Crippen molar-refractivity contribution in [3.63, 3.8) is 0 Å². The van der Waals surface area contributed by atoms with Gasteiger partial charge in [-0.1, -0.05) is 10.8 Å². The van der Waals surface area contributed by atoms with Crippen molar-refractivity contribution >= 4 is 27.0 Å². The Bertz CT molecular complexity index is 55.5. The van der Waals surface area contributed by atoms with E-state index in [-0.39, 0.29) is 0 Å². The molecule has 4 heteroatoms. The number of hydrogen-bond acceptors (Lipinski definition) is 3. The molecule has 0 spiro atoms. The van der Waals surface area contributed by atoms with Crippen LogP contribution in [0.2, 0.25) is 0 Å². The van der Waals surface area contributed by atoms with Gasteiger partial charge in [0, 0.05) is 10.8 Å². The van der Waals surface area contributed by atoms with E-state index in [0.717, 1.165) is 10.8 Å². The smallest absolute Gasteiger partial charge is 0.247 e. The minimum absolute atomic E-state index is 0.597. The highest BCUT2D eigenvalue weighted by atomic mass is 33.1. The van der Waals surface area contributed by atoms with Gasteiger partial charge in [0.1, 0.15) is 0 Å². The Morgan fingerprint density at radius 3 is 2.33 bits per heavy atom. The Labute approximate surface area is 43.1 Å². The van der Waals surface area contributed by atoms with Gasteiger partial charge in [0.2, 0.25) is 0 Å². The predicted octanol–water partition coefficient (Wildman–Crippen LogP) is 2.09. The summed E-state index contributed by atoms with van der Waals surface area (Å²) in [7, 11) is 1.70. The van der Waals surface area contributed by atoms with Gasteiger partial charge in [0.05, 0.1) is 0 Å². The van der Waals surface area contributed by atoms with Crippen molar-refractivity contribution in [1.82, 2.24) is 0 Å². The summed E-state index contributed by atoms with van der Waals surface area (Å²) < 4.78 is 11.0. The number of rotatable bonds is 1. The average Bonchev–Trinajstić information content (AvgIpc) is 1.35. The van der Waals surface area contributed by atoms with E-state index in [1.165, 1.54) is 0 Å². The Balaban J connectivity index is 2.83. The van der Waals surface area contributed by atoms with Gasteiger partial charge < -0.3 is 0 Å². The third kappa shape index (κ3) is 4.30. The van der Waals surface area contributed by atoms with Gasteiger partial charge in [-0.05, 0) is 6.26 Å². The highest BCUT2D eigenvalue weighted by Gasteiger charge is 1.91. The molecule has 0 bridgehead atoms. The van der Waals surface area contributed by atoms with Gasteiger partial charge in [0.15, 0.2) is 0 Å². The molecule has 0 N–H and O–H groups in total. The lowest BCUT2D eigenvalue weighted by Crippen LogP contribution is -1.62. The monoisotopic (exact) mass is 126 g/mol. The molecule has 0 rings (SSSR count). The summed E-state index contributed by atoms with van der Waals surface area (Å²) in [5.41, 5.74) is 0. The van der Waals surface area contributed by atoms with E-state index in [2.05, 4.69) is 0 Å². The summed E-state index contributed by atoms with van der Waals surface area (Å²) in [6, 6.07) is 0. The fraction of sp³-hybridized carbons (Fsp3) is 0.500. The number of carbonyl (C=O) groups is 1. The van der Waals surface area contributed by atoms with Crippen molar-refractivity contribution in [3.05, 3.63) is 0 Å². The molecule has 0 aliphatic heterocycles. The molecular weight excluding hydrogens is 123 g/mol. The zero-order chi connectivity index (χ0) is 4.99. The molecule has 6 heavy (non-hydrogen) atoms. The second-order valence-corrected chi connectivity index (χ2v) is 2.81. The van der Waals surface area contributed by atoms with Crippen LogP contribution in [0, 0.1) is 0 Å². The topological polar surface area (TPSA) is 17.1 Å². The molecule has 0 radical (unpaired) electrons. The van der Waals surface area contributed by atoms with E-state index in [1.54, 1.807) is 6.26 Å². The molecule has 1 nitrogen and oxygen atoms in total. The molecule has 36 valence electrons. The van der Waals surface area contributed by atoms with Crippen LogP contribution in [0.3, 0.4) is 0 Å². The predicted molar refractivity (Wildman–Crippen MR) is 27.6 cm³/mol. The first-order valence-corrected chi connectivity index (χ1v) is 3.73. The standard InChI is InChI=1S/C2H3FOS2/c1-5-6-2(3)4/h1H3. The first-order chi connectivity index (χ1) is 2.77. The highest BCUT2D eigenvalue weighted by molar-refractivity contribution is 8.81. The summed E-state index contributed by atoms with van der Waals surface area (Å²) >= 11 is 0. The molecule has 0 aromatic heterocycles. The van der Waals surface area contributed by atoms with E-state index < -0.39 is 5.37 Å². The molecule has 0 saturated carbocycles. The lowest BCUT2D eigenvalue weighted by molar-refractivity contribution is 0.245. The molecule has 0 atom stereocenters. The van der Waals surface area contributed by atoms with Gasteiger partial charge in [0.25, 0.3) is 0 Å². The third-order valence-corrected chi connectivity index (χ3v) is 1.34. The van der Waals surface area contributed by atoms with Crippen molar-refractivity contribution in [2.75, 3.05) is 6.26 Å². The van der Waals surface area contributed by atoms with Crippen LogP contribution in [0.4, 0.5) is 9.18 Å². The van der Waals surface area contributed by atoms with Crippen LogP contribution < -0.4 is 0 Å². The fourth-order valence-corrected chi connectivity index (χ4v) is 0.590. The molecule has 0 amide bonds. The van der Waals surface area contributed by atoms with Crippen LogP contribution in [0.15, 0.2) is 0 Å². The summed E-state index contributed by atoms with van der Waals surface area (Å²) in [6.45, 7) is 0. The van der Waals surface area contributed by atoms with E-state index in [4.69, 9.17) is 0 Å². The van der Waals surface area contributed by atoms with Crippen LogP contribution in [0.5, 0.6) is 0 Å². The van der Waals surface area contributed by atoms with Crippen LogP contribution in [-0.2, 0) is 0 Å². The molecule has 0 unspecified atom stereocenters. The largest absolute Gasteiger partial charge is 0.369 e. The second kappa shape index (κ2) is 3.49. The van der Waals surface area contributed by atoms with Gasteiger partial charge in [-0.2, -0.15) is 4.39 Å². The van der Waals surface area contributed by atoms with Gasteiger partial charge in [-0.25, -0.2) is 4.79 Å².